The van der Waals surface area contributed by atoms with Crippen molar-refractivity contribution < 1.29 is 75.1 Å². The zero-order valence-electron chi connectivity index (χ0n) is 57.5. The van der Waals surface area contributed by atoms with Crippen LogP contribution in [0.1, 0.15) is 55.6 Å². The molecule has 0 nitrogen and oxygen atoms in total. The summed E-state index contributed by atoms with van der Waals surface area (Å²) in [6.45, 7) is 22.0. The average Bonchev–Trinajstić information content (AvgIpc) is 1.77. The Labute approximate surface area is 658 Å². The van der Waals surface area contributed by atoms with Crippen LogP contribution < -0.4 is 53.0 Å². The topological polar surface area (TPSA) is 0 Å². The molecule has 12 aromatic carbocycles. The van der Waals surface area contributed by atoms with Gasteiger partial charge in [-0.15, -0.1) is 0 Å². The molecule has 12 aromatic rings. The van der Waals surface area contributed by atoms with Gasteiger partial charge >= 0.3 is 114 Å². The summed E-state index contributed by atoms with van der Waals surface area (Å²) in [4.78, 5) is 0. The van der Waals surface area contributed by atoms with E-state index in [4.69, 9.17) is 38.8 Å². The Morgan fingerprint density at radius 3 is 0.469 bits per heavy atom. The van der Waals surface area contributed by atoms with E-state index in [9.17, 15) is 0 Å². The Bertz CT molecular complexity index is 3320. The fourth-order valence-corrected chi connectivity index (χ4v) is 39.4. The smallest absolute Gasteiger partial charge is 0.0620 e. The van der Waals surface area contributed by atoms with Crippen LogP contribution in [0.4, 0.5) is 0 Å². The molecule has 0 spiro atoms. The fraction of sp³-hybridized carbons (Fsp3) is 0.167. The minimum Gasteiger partial charge on any atom is -0.0620 e. The standard InChI is InChI=1S/2C32H29P3.2C10H15.2Ag.4ClH.2Rh/c2*1-6-16-28(17-7-1)33(26-34(29-18-8-2-9-19-29)30-20-10-3-11-21-30)27-35(31-22-12-4-13-23-31)32-24-14-5-15-25-32;2*1-6-7(2)9(4)10(5)8(6)3;;;;;;;;/h2*1-25H,26-27H2;2*1-5H3;;;4*1H;;/q;;-5;-1;2*+1;;;;;2*+2/p+2. The van der Waals surface area contributed by atoms with Gasteiger partial charge in [-0.25, -0.2) is 34.6 Å². The first kappa shape index (κ1) is 86.0. The molecule has 0 radical (unpaired) electrons. The summed E-state index contributed by atoms with van der Waals surface area (Å²) >= 11 is -0.451. The second-order valence-electron chi connectivity index (χ2n) is 23.8. The molecule has 0 aromatic heterocycles. The van der Waals surface area contributed by atoms with Crippen molar-refractivity contribution in [3.05, 3.63) is 359 Å². The molecule has 0 heterocycles. The van der Waals surface area contributed by atoms with Crippen LogP contribution in [0.5, 0.6) is 0 Å². The van der Waals surface area contributed by atoms with Crippen LogP contribution in [-0.2, 0) is 75.1 Å². The first-order valence-electron chi connectivity index (χ1n) is 32.4. The normalized spacial score (nSPS) is 10.7. The number of rotatable bonds is 18. The van der Waals surface area contributed by atoms with Gasteiger partial charge in [-0.2, -0.15) is 27.8 Å². The van der Waals surface area contributed by atoms with Gasteiger partial charge in [-0.1, -0.05) is 217 Å². The zero-order valence-corrected chi connectivity index (χ0v) is 72.7. The minimum atomic E-state index is -0.892. The molecule has 12 rings (SSSR count). The molecule has 14 heteroatoms. The predicted molar refractivity (Wildman–Crippen MR) is 445 cm³/mol. The fourth-order valence-electron chi connectivity index (χ4n) is 12.1. The second-order valence-corrected chi connectivity index (χ2v) is 46.5. The van der Waals surface area contributed by atoms with E-state index in [1.807, 2.05) is 0 Å². The largest absolute Gasteiger partial charge is 0.173 e. The molecule has 0 aliphatic carbocycles. The Morgan fingerprint density at radius 2 is 0.357 bits per heavy atom. The van der Waals surface area contributed by atoms with Crippen molar-refractivity contribution in [2.75, 3.05) is 23.6 Å². The van der Waals surface area contributed by atoms with Gasteiger partial charge in [0.25, 0.3) is 0 Å². The molecule has 526 valence electrons. The SMILES string of the molecule is C[c-]1[c-](C)[c-](C)[c-](C)[c-]1C.Cc1c(C)c(C)[c-](C)c1C.[Ag+].[Ag+].[Cl][Rh][Cl].[Cl][Rh][Cl].c1ccc([PH+](C[PH+](c2ccccc2)c2ccccc2)C[PH+](c2ccccc2)c2ccccc2)cc1.c1ccc([PH+](C[PH+](c2ccccc2)c2ccccc2)C[PH+](c2ccccc2)c2ccccc2)cc1. The summed E-state index contributed by atoms with van der Waals surface area (Å²) in [6, 6.07) is 113. The number of hydrogen-bond acceptors (Lipinski definition) is 0. The van der Waals surface area contributed by atoms with Crippen LogP contribution in [-0.4, -0.2) is 23.6 Å². The predicted octanol–water partition coefficient (Wildman–Crippen LogP) is 21.0. The quantitative estimate of drug-likeness (QED) is 0.0456. The van der Waals surface area contributed by atoms with Crippen molar-refractivity contribution >= 4 is 139 Å². The van der Waals surface area contributed by atoms with Gasteiger partial charge in [-0.05, 0) is 121 Å². The van der Waals surface area contributed by atoms with Gasteiger partial charge in [0.05, 0.1) is 10.6 Å². The summed E-state index contributed by atoms with van der Waals surface area (Å²) < 4.78 is 0. The van der Waals surface area contributed by atoms with E-state index in [2.05, 4.69) is 373 Å². The molecule has 0 N–H and O–H groups in total. The van der Waals surface area contributed by atoms with E-state index in [1.165, 1.54) is 122 Å². The van der Waals surface area contributed by atoms with Crippen LogP contribution in [0.2, 0.25) is 0 Å². The van der Waals surface area contributed by atoms with Gasteiger partial charge in [0, 0.05) is 0 Å². The van der Waals surface area contributed by atoms with Crippen molar-refractivity contribution in [3.63, 3.8) is 0 Å². The van der Waals surface area contributed by atoms with Gasteiger partial charge in [0.15, 0.2) is 23.6 Å². The van der Waals surface area contributed by atoms with Gasteiger partial charge < -0.3 is 27.8 Å². The Balaban J connectivity index is 0.000000256. The van der Waals surface area contributed by atoms with E-state index in [1.54, 1.807) is 10.6 Å². The van der Waals surface area contributed by atoms with Crippen molar-refractivity contribution in [1.29, 1.82) is 0 Å². The number of hydrogen-bond donors (Lipinski definition) is 0. The molecule has 98 heavy (non-hydrogen) atoms. The van der Waals surface area contributed by atoms with E-state index >= 15 is 0 Å². The second kappa shape index (κ2) is 47.7. The molecule has 0 fully saturated rings. The molecule has 0 aliphatic heterocycles. The van der Waals surface area contributed by atoms with E-state index in [0.29, 0.717) is 0 Å². The molecular weight excluding hydrogens is 1760 g/mol. The third-order valence-electron chi connectivity index (χ3n) is 18.5. The maximum atomic E-state index is 4.83. The van der Waals surface area contributed by atoms with Crippen molar-refractivity contribution in [2.24, 2.45) is 0 Å². The molecule has 0 bridgehead atoms. The third kappa shape index (κ3) is 26.5. The molecule has 0 saturated carbocycles. The van der Waals surface area contributed by atoms with Crippen LogP contribution in [0.25, 0.3) is 0 Å². The third-order valence-corrected chi connectivity index (χ3v) is 41.6. The van der Waals surface area contributed by atoms with Gasteiger partial charge in [-0.3, -0.25) is 0 Å². The molecule has 0 saturated heterocycles. The van der Waals surface area contributed by atoms with Crippen molar-refractivity contribution in [1.82, 2.24) is 0 Å². The molecule has 0 amide bonds. The zero-order chi connectivity index (χ0) is 68.6. The summed E-state index contributed by atoms with van der Waals surface area (Å²) in [7, 11) is 14.1. The molecular formula is C84H94Ag2Cl4P6Rh2+2. The Hall–Kier alpha value is -2.63. The van der Waals surface area contributed by atoms with E-state index in [0.717, 1.165) is 0 Å². The van der Waals surface area contributed by atoms with Crippen LogP contribution in [0.3, 0.4) is 0 Å². The summed E-state index contributed by atoms with van der Waals surface area (Å²) in [6.07, 6.45) is 0. The summed E-state index contributed by atoms with van der Waals surface area (Å²) in [5, 5.41) is 15.3. The Kier molecular flexibility index (Phi) is 41.8. The van der Waals surface area contributed by atoms with Crippen LogP contribution in [0.15, 0.2) is 303 Å². The summed E-state index contributed by atoms with van der Waals surface area (Å²) in [5.41, 5.74) is 14.7. The van der Waals surface area contributed by atoms with Crippen LogP contribution >= 0.6 is 86.3 Å². The van der Waals surface area contributed by atoms with Gasteiger partial charge in [0.1, 0.15) is 90.0 Å². The number of benzene rings is 10. The van der Waals surface area contributed by atoms with Crippen molar-refractivity contribution in [2.45, 2.75) is 69.2 Å². The maximum Gasteiger partial charge on any atom is 0.173 e. The van der Waals surface area contributed by atoms with Crippen molar-refractivity contribution in [3.8, 4) is 0 Å². The molecule has 0 atom stereocenters. The first-order valence-corrected chi connectivity index (χ1v) is 51.5. The van der Waals surface area contributed by atoms with Gasteiger partial charge in [0.2, 0.25) is 0 Å². The first-order chi connectivity index (χ1) is 46.7. The summed E-state index contributed by atoms with van der Waals surface area (Å²) in [5.74, 6) is 5.17. The number of halogens is 4. The monoisotopic (exact) mass is 1850 g/mol. The maximum absolute atomic E-state index is 4.83. The Morgan fingerprint density at radius 1 is 0.235 bits per heavy atom. The molecule has 0 aliphatic rings. The van der Waals surface area contributed by atoms with Crippen LogP contribution in [0, 0.1) is 69.2 Å². The average molecular weight is 1850 g/mol. The van der Waals surface area contributed by atoms with E-state index < -0.39 is 47.5 Å². The van der Waals surface area contributed by atoms with E-state index in [-0.39, 0.29) is 75.1 Å². The molecule has 0 unspecified atom stereocenters. The minimum absolute atomic E-state index is 0.